The van der Waals surface area contributed by atoms with Crippen LogP contribution in [0.3, 0.4) is 0 Å². The van der Waals surface area contributed by atoms with E-state index in [2.05, 4.69) is 5.32 Å². The summed E-state index contributed by atoms with van der Waals surface area (Å²) in [4.78, 5) is 22.8. The van der Waals surface area contributed by atoms with Crippen molar-refractivity contribution in [2.75, 3.05) is 12.0 Å². The van der Waals surface area contributed by atoms with Crippen LogP contribution in [0.4, 0.5) is 0 Å². The minimum absolute atomic E-state index is 0.212. The van der Waals surface area contributed by atoms with E-state index in [4.69, 9.17) is 5.11 Å². The highest BCUT2D eigenvalue weighted by molar-refractivity contribution is 7.98. The molecule has 0 heterocycles. The lowest BCUT2D eigenvalue weighted by atomic mass is 10.1. The van der Waals surface area contributed by atoms with E-state index in [0.29, 0.717) is 12.2 Å². The largest absolute Gasteiger partial charge is 0.480 e. The third-order valence-electron chi connectivity index (χ3n) is 2.73. The van der Waals surface area contributed by atoms with Crippen LogP contribution in [0.1, 0.15) is 17.5 Å². The Kier molecular flexibility index (Phi) is 6.42. The number of thioether (sulfide) groups is 1. The van der Waals surface area contributed by atoms with E-state index in [0.717, 1.165) is 11.1 Å². The molecule has 0 aliphatic rings. The van der Waals surface area contributed by atoms with Crippen LogP contribution in [0.25, 0.3) is 0 Å². The van der Waals surface area contributed by atoms with Crippen molar-refractivity contribution in [3.63, 3.8) is 0 Å². The molecule has 0 radical (unpaired) electrons. The summed E-state index contributed by atoms with van der Waals surface area (Å²) in [7, 11) is 0. The first-order valence-electron chi connectivity index (χ1n) is 6.09. The van der Waals surface area contributed by atoms with Gasteiger partial charge in [-0.2, -0.15) is 11.8 Å². The first kappa shape index (κ1) is 15.6. The average Bonchev–Trinajstić information content (AvgIpc) is 2.37. The van der Waals surface area contributed by atoms with Gasteiger partial charge in [0.15, 0.2) is 0 Å². The molecule has 104 valence electrons. The molecule has 0 aromatic heterocycles. The number of aryl methyl sites for hydroxylation is 1. The van der Waals surface area contributed by atoms with Gasteiger partial charge in [0.25, 0.3) is 0 Å². The Labute approximate surface area is 117 Å². The van der Waals surface area contributed by atoms with Crippen LogP contribution >= 0.6 is 11.8 Å². The number of hydrogen-bond acceptors (Lipinski definition) is 3. The number of amides is 1. The predicted molar refractivity (Wildman–Crippen MR) is 77.4 cm³/mol. The topological polar surface area (TPSA) is 66.4 Å². The smallest absolute Gasteiger partial charge is 0.326 e. The number of rotatable bonds is 7. The second kappa shape index (κ2) is 7.84. The zero-order valence-electron chi connectivity index (χ0n) is 11.2. The number of carbonyl (C=O) groups is 2. The van der Waals surface area contributed by atoms with Crippen LogP contribution in [0.2, 0.25) is 0 Å². The Hall–Kier alpha value is -1.49. The lowest BCUT2D eigenvalue weighted by molar-refractivity contribution is -0.141. The summed E-state index contributed by atoms with van der Waals surface area (Å²) in [6, 6.07) is 6.83. The van der Waals surface area contributed by atoms with Crippen LogP contribution in [-0.2, 0) is 16.0 Å². The molecular weight excluding hydrogens is 262 g/mol. The van der Waals surface area contributed by atoms with Gasteiger partial charge >= 0.3 is 5.97 Å². The van der Waals surface area contributed by atoms with Gasteiger partial charge in [0.05, 0.1) is 6.42 Å². The van der Waals surface area contributed by atoms with E-state index in [1.54, 1.807) is 11.8 Å². The van der Waals surface area contributed by atoms with Gasteiger partial charge < -0.3 is 10.4 Å². The highest BCUT2D eigenvalue weighted by Crippen LogP contribution is 2.05. The van der Waals surface area contributed by atoms with Crippen molar-refractivity contribution < 1.29 is 14.7 Å². The van der Waals surface area contributed by atoms with Crippen LogP contribution in [0, 0.1) is 6.92 Å². The lowest BCUT2D eigenvalue weighted by Crippen LogP contribution is -2.41. The van der Waals surface area contributed by atoms with Crippen molar-refractivity contribution in [1.29, 1.82) is 0 Å². The molecule has 0 bridgehead atoms. The van der Waals surface area contributed by atoms with E-state index >= 15 is 0 Å². The monoisotopic (exact) mass is 281 g/mol. The van der Waals surface area contributed by atoms with Crippen LogP contribution in [0.15, 0.2) is 24.3 Å². The molecule has 0 aliphatic heterocycles. The van der Waals surface area contributed by atoms with Crippen LogP contribution in [-0.4, -0.2) is 35.0 Å². The second-order valence-electron chi connectivity index (χ2n) is 4.40. The summed E-state index contributed by atoms with van der Waals surface area (Å²) >= 11 is 1.57. The first-order chi connectivity index (χ1) is 9.02. The number of nitrogens with one attached hydrogen (secondary N) is 1. The summed E-state index contributed by atoms with van der Waals surface area (Å²) in [5, 5.41) is 11.6. The van der Waals surface area contributed by atoms with Gasteiger partial charge in [-0.1, -0.05) is 29.8 Å². The summed E-state index contributed by atoms with van der Waals surface area (Å²) < 4.78 is 0. The maximum absolute atomic E-state index is 11.8. The number of aliphatic carboxylic acids is 1. The molecule has 2 N–H and O–H groups in total. The first-order valence-corrected chi connectivity index (χ1v) is 7.49. The Bertz CT molecular complexity index is 431. The Morgan fingerprint density at radius 1 is 1.32 bits per heavy atom. The molecule has 0 saturated carbocycles. The maximum Gasteiger partial charge on any atom is 0.326 e. The van der Waals surface area contributed by atoms with Crippen LogP contribution in [0.5, 0.6) is 0 Å². The average molecular weight is 281 g/mol. The molecular formula is C14H19NO3S. The number of benzene rings is 1. The fourth-order valence-electron chi connectivity index (χ4n) is 1.63. The van der Waals surface area contributed by atoms with E-state index in [9.17, 15) is 9.59 Å². The molecule has 1 aromatic carbocycles. The van der Waals surface area contributed by atoms with E-state index < -0.39 is 12.0 Å². The molecule has 0 fully saturated rings. The third-order valence-corrected chi connectivity index (χ3v) is 3.37. The molecule has 1 aromatic rings. The standard InChI is InChI=1S/C14H19NO3S/c1-10-3-5-11(6-4-10)9-13(16)15-12(14(17)18)7-8-19-2/h3-6,12H,7-9H2,1-2H3,(H,15,16)(H,17,18). The molecule has 1 unspecified atom stereocenters. The normalized spacial score (nSPS) is 11.9. The van der Waals surface area contributed by atoms with Crippen LogP contribution < -0.4 is 5.32 Å². The highest BCUT2D eigenvalue weighted by atomic mass is 32.2. The SMILES string of the molecule is CSCCC(NC(=O)Cc1ccc(C)cc1)C(=O)O. The number of carbonyl (C=O) groups excluding carboxylic acids is 1. The lowest BCUT2D eigenvalue weighted by Gasteiger charge is -2.14. The van der Waals surface area contributed by atoms with Gasteiger partial charge in [0.2, 0.25) is 5.91 Å². The number of carboxylic acid groups (broad SMARTS) is 1. The fraction of sp³-hybridized carbons (Fsp3) is 0.429. The Morgan fingerprint density at radius 3 is 2.47 bits per heavy atom. The second-order valence-corrected chi connectivity index (χ2v) is 5.39. The van der Waals surface area contributed by atoms with Gasteiger partial charge in [0, 0.05) is 0 Å². The minimum atomic E-state index is -0.980. The molecule has 0 saturated heterocycles. The van der Waals surface area contributed by atoms with Gasteiger partial charge in [-0.3, -0.25) is 4.79 Å². The Morgan fingerprint density at radius 2 is 1.95 bits per heavy atom. The Balaban J connectivity index is 2.52. The molecule has 5 heteroatoms. The summed E-state index contributed by atoms with van der Waals surface area (Å²) in [5.74, 6) is -0.523. The van der Waals surface area contributed by atoms with Crippen molar-refractivity contribution in [3.8, 4) is 0 Å². The van der Waals surface area contributed by atoms with Gasteiger partial charge in [0.1, 0.15) is 6.04 Å². The van der Waals surface area contributed by atoms with E-state index in [1.165, 1.54) is 0 Å². The molecule has 0 aliphatic carbocycles. The molecule has 4 nitrogen and oxygen atoms in total. The summed E-state index contributed by atoms with van der Waals surface area (Å²) in [6.07, 6.45) is 2.56. The predicted octanol–water partition coefficient (Wildman–Crippen LogP) is 1.86. The summed E-state index contributed by atoms with van der Waals surface area (Å²) in [5.41, 5.74) is 2.02. The van der Waals surface area contributed by atoms with Gasteiger partial charge in [-0.05, 0) is 30.9 Å². The molecule has 1 amide bonds. The maximum atomic E-state index is 11.8. The van der Waals surface area contributed by atoms with E-state index in [1.807, 2.05) is 37.4 Å². The highest BCUT2D eigenvalue weighted by Gasteiger charge is 2.19. The number of hydrogen-bond donors (Lipinski definition) is 2. The number of carboxylic acids is 1. The summed E-state index contributed by atoms with van der Waals surface area (Å²) in [6.45, 7) is 1.98. The van der Waals surface area contributed by atoms with Gasteiger partial charge in [-0.25, -0.2) is 4.79 Å². The van der Waals surface area contributed by atoms with Crippen molar-refractivity contribution in [2.45, 2.75) is 25.8 Å². The molecule has 0 spiro atoms. The molecule has 1 atom stereocenters. The minimum Gasteiger partial charge on any atom is -0.480 e. The van der Waals surface area contributed by atoms with Crippen molar-refractivity contribution >= 4 is 23.6 Å². The zero-order valence-corrected chi connectivity index (χ0v) is 12.0. The molecule has 1 rings (SSSR count). The quantitative estimate of drug-likeness (QED) is 0.800. The fourth-order valence-corrected chi connectivity index (χ4v) is 2.10. The van der Waals surface area contributed by atoms with Crippen molar-refractivity contribution in [2.24, 2.45) is 0 Å². The third kappa shape index (κ3) is 5.79. The molecule has 19 heavy (non-hydrogen) atoms. The van der Waals surface area contributed by atoms with Gasteiger partial charge in [-0.15, -0.1) is 0 Å². The van der Waals surface area contributed by atoms with E-state index in [-0.39, 0.29) is 12.3 Å². The van der Waals surface area contributed by atoms with Crippen molar-refractivity contribution in [1.82, 2.24) is 5.32 Å². The zero-order chi connectivity index (χ0) is 14.3. The van der Waals surface area contributed by atoms with Crippen molar-refractivity contribution in [3.05, 3.63) is 35.4 Å².